The predicted molar refractivity (Wildman–Crippen MR) is 108 cm³/mol. The molecule has 1 aromatic heterocycles. The number of hydrogen-bond acceptors (Lipinski definition) is 4. The number of sulfonamides is 1. The van der Waals surface area contributed by atoms with Crippen LogP contribution in [0.3, 0.4) is 0 Å². The number of rotatable bonds is 4. The molecule has 0 bridgehead atoms. The van der Waals surface area contributed by atoms with E-state index in [4.69, 9.17) is 0 Å². The second-order valence-corrected chi connectivity index (χ2v) is 7.77. The summed E-state index contributed by atoms with van der Waals surface area (Å²) in [6, 6.07) is 15.6. The molecule has 0 aliphatic rings. The second-order valence-electron chi connectivity index (χ2n) is 6.03. The molecule has 7 heteroatoms. The van der Waals surface area contributed by atoms with Crippen LogP contribution in [0.15, 0.2) is 59.5 Å². The van der Waals surface area contributed by atoms with E-state index in [9.17, 15) is 13.2 Å². The van der Waals surface area contributed by atoms with Gasteiger partial charge in [-0.25, -0.2) is 8.42 Å². The summed E-state index contributed by atoms with van der Waals surface area (Å²) in [5, 5.41) is 3.30. The first kappa shape index (κ1) is 19.5. The van der Waals surface area contributed by atoms with Crippen LogP contribution >= 0.6 is 0 Å². The SMILES string of the molecule is CNC(=O)c1ccccc1C#CCNS(=O)(=O)c1cccc2ccc(C)nc12. The van der Waals surface area contributed by atoms with Gasteiger partial charge in [0.1, 0.15) is 4.90 Å². The fraction of sp³-hybridized carbons (Fsp3) is 0.143. The number of amides is 1. The molecule has 0 atom stereocenters. The third-order valence-corrected chi connectivity index (χ3v) is 5.52. The van der Waals surface area contributed by atoms with Crippen molar-refractivity contribution in [2.24, 2.45) is 0 Å². The van der Waals surface area contributed by atoms with Crippen molar-refractivity contribution in [3.05, 3.63) is 71.4 Å². The molecule has 2 aromatic carbocycles. The Morgan fingerprint density at radius 3 is 2.64 bits per heavy atom. The Hall–Kier alpha value is -3.21. The predicted octanol–water partition coefficient (Wildman–Crippen LogP) is 2.23. The number of nitrogens with one attached hydrogen (secondary N) is 2. The van der Waals surface area contributed by atoms with Crippen molar-refractivity contribution in [2.75, 3.05) is 13.6 Å². The maximum atomic E-state index is 12.7. The normalized spacial score (nSPS) is 10.9. The van der Waals surface area contributed by atoms with Gasteiger partial charge in [0.25, 0.3) is 5.91 Å². The van der Waals surface area contributed by atoms with Gasteiger partial charge in [0.2, 0.25) is 10.0 Å². The van der Waals surface area contributed by atoms with Crippen LogP contribution in [0.2, 0.25) is 0 Å². The number of hydrogen-bond donors (Lipinski definition) is 2. The largest absolute Gasteiger partial charge is 0.355 e. The van der Waals surface area contributed by atoms with E-state index in [2.05, 4.69) is 26.9 Å². The molecule has 2 N–H and O–H groups in total. The highest BCUT2D eigenvalue weighted by atomic mass is 32.2. The van der Waals surface area contributed by atoms with Crippen LogP contribution in [-0.2, 0) is 10.0 Å². The minimum Gasteiger partial charge on any atom is -0.355 e. The van der Waals surface area contributed by atoms with E-state index in [1.54, 1.807) is 37.4 Å². The number of para-hydroxylation sites is 1. The third kappa shape index (κ3) is 4.19. The molecule has 3 aromatic rings. The standard InChI is InChI=1S/C21H19N3O3S/c1-15-12-13-17-8-5-11-19(20(17)24-15)28(26,27)23-14-6-9-16-7-3-4-10-18(16)21(25)22-2/h3-5,7-8,10-13,23H,14H2,1-2H3,(H,22,25). The molecular weight excluding hydrogens is 374 g/mol. The number of aryl methyl sites for hydroxylation is 1. The monoisotopic (exact) mass is 393 g/mol. The molecular formula is C21H19N3O3S. The summed E-state index contributed by atoms with van der Waals surface area (Å²) in [7, 11) is -2.24. The van der Waals surface area contributed by atoms with E-state index in [1.807, 2.05) is 25.1 Å². The highest BCUT2D eigenvalue weighted by Gasteiger charge is 2.17. The summed E-state index contributed by atoms with van der Waals surface area (Å²) in [5.74, 6) is 5.36. The minimum absolute atomic E-state index is 0.0907. The first-order valence-electron chi connectivity index (χ1n) is 8.58. The zero-order valence-corrected chi connectivity index (χ0v) is 16.3. The van der Waals surface area contributed by atoms with Gasteiger partial charge in [-0.3, -0.25) is 9.78 Å². The molecule has 0 aliphatic carbocycles. The number of carbonyl (C=O) groups is 1. The summed E-state index contributed by atoms with van der Waals surface area (Å²) in [6.07, 6.45) is 0. The van der Waals surface area contributed by atoms with Crippen molar-refractivity contribution in [3.8, 4) is 11.8 Å². The summed E-state index contributed by atoms with van der Waals surface area (Å²) < 4.78 is 27.9. The van der Waals surface area contributed by atoms with E-state index in [-0.39, 0.29) is 17.3 Å². The Morgan fingerprint density at radius 1 is 1.07 bits per heavy atom. The van der Waals surface area contributed by atoms with Crippen LogP contribution < -0.4 is 10.0 Å². The van der Waals surface area contributed by atoms with Crippen molar-refractivity contribution >= 4 is 26.8 Å². The molecule has 0 radical (unpaired) electrons. The van der Waals surface area contributed by atoms with Gasteiger partial charge in [-0.15, -0.1) is 0 Å². The second kappa shape index (κ2) is 8.21. The minimum atomic E-state index is -3.78. The molecule has 3 rings (SSSR count). The number of nitrogens with zero attached hydrogens (tertiary/aromatic N) is 1. The zero-order chi connectivity index (χ0) is 20.1. The van der Waals surface area contributed by atoms with Crippen LogP contribution in [0.25, 0.3) is 10.9 Å². The van der Waals surface area contributed by atoms with Crippen LogP contribution in [0, 0.1) is 18.8 Å². The van der Waals surface area contributed by atoms with E-state index in [1.165, 1.54) is 6.07 Å². The van der Waals surface area contributed by atoms with Gasteiger partial charge in [0, 0.05) is 23.7 Å². The van der Waals surface area contributed by atoms with Gasteiger partial charge in [0.15, 0.2) is 0 Å². The zero-order valence-electron chi connectivity index (χ0n) is 15.5. The van der Waals surface area contributed by atoms with Gasteiger partial charge in [-0.1, -0.05) is 42.2 Å². The molecule has 0 unspecified atom stereocenters. The average Bonchev–Trinajstić information content (AvgIpc) is 2.70. The fourth-order valence-electron chi connectivity index (χ4n) is 2.71. The molecule has 1 amide bonds. The number of carbonyl (C=O) groups excluding carboxylic acids is 1. The van der Waals surface area contributed by atoms with E-state index in [0.717, 1.165) is 11.1 Å². The molecule has 0 saturated heterocycles. The van der Waals surface area contributed by atoms with Crippen molar-refractivity contribution < 1.29 is 13.2 Å². The lowest BCUT2D eigenvalue weighted by Crippen LogP contribution is -2.24. The Morgan fingerprint density at radius 2 is 1.86 bits per heavy atom. The van der Waals surface area contributed by atoms with Gasteiger partial charge in [-0.05, 0) is 31.2 Å². The molecule has 0 fully saturated rings. The summed E-state index contributed by atoms with van der Waals surface area (Å²) in [4.78, 5) is 16.3. The van der Waals surface area contributed by atoms with Crippen LogP contribution in [-0.4, -0.2) is 32.9 Å². The number of benzene rings is 2. The Balaban J connectivity index is 1.83. The lowest BCUT2D eigenvalue weighted by Gasteiger charge is -2.08. The third-order valence-electron chi connectivity index (χ3n) is 4.08. The smallest absolute Gasteiger partial charge is 0.252 e. The molecule has 0 aliphatic heterocycles. The van der Waals surface area contributed by atoms with Gasteiger partial charge in [0.05, 0.1) is 17.6 Å². The molecule has 28 heavy (non-hydrogen) atoms. The lowest BCUT2D eigenvalue weighted by atomic mass is 10.1. The van der Waals surface area contributed by atoms with Gasteiger partial charge in [-0.2, -0.15) is 4.72 Å². The van der Waals surface area contributed by atoms with Crippen molar-refractivity contribution in [1.82, 2.24) is 15.0 Å². The summed E-state index contributed by atoms with van der Waals surface area (Å²) in [6.45, 7) is 1.72. The van der Waals surface area contributed by atoms with Gasteiger partial charge < -0.3 is 5.32 Å². The maximum absolute atomic E-state index is 12.7. The Bertz CT molecular complexity index is 1210. The van der Waals surface area contributed by atoms with E-state index < -0.39 is 10.0 Å². The Labute approximate surface area is 164 Å². The highest BCUT2D eigenvalue weighted by Crippen LogP contribution is 2.21. The first-order valence-corrected chi connectivity index (χ1v) is 10.1. The fourth-order valence-corrected chi connectivity index (χ4v) is 3.80. The number of fused-ring (bicyclic) bond motifs is 1. The quantitative estimate of drug-likeness (QED) is 0.666. The van der Waals surface area contributed by atoms with Crippen LogP contribution in [0.4, 0.5) is 0 Å². The van der Waals surface area contributed by atoms with E-state index >= 15 is 0 Å². The number of pyridine rings is 1. The average molecular weight is 393 g/mol. The molecule has 6 nitrogen and oxygen atoms in total. The number of aromatic nitrogens is 1. The lowest BCUT2D eigenvalue weighted by molar-refractivity contribution is 0.0963. The van der Waals surface area contributed by atoms with Crippen molar-refractivity contribution in [3.63, 3.8) is 0 Å². The van der Waals surface area contributed by atoms with Crippen LogP contribution in [0.5, 0.6) is 0 Å². The first-order chi connectivity index (χ1) is 13.4. The van der Waals surface area contributed by atoms with Crippen molar-refractivity contribution in [1.29, 1.82) is 0 Å². The van der Waals surface area contributed by atoms with Crippen LogP contribution in [0.1, 0.15) is 21.6 Å². The maximum Gasteiger partial charge on any atom is 0.252 e. The molecule has 142 valence electrons. The molecule has 1 heterocycles. The summed E-state index contributed by atoms with van der Waals surface area (Å²) >= 11 is 0. The van der Waals surface area contributed by atoms with E-state index in [0.29, 0.717) is 16.6 Å². The highest BCUT2D eigenvalue weighted by molar-refractivity contribution is 7.89. The molecule has 0 spiro atoms. The summed E-state index contributed by atoms with van der Waals surface area (Å²) in [5.41, 5.74) is 2.13. The van der Waals surface area contributed by atoms with Gasteiger partial charge >= 0.3 is 0 Å². The van der Waals surface area contributed by atoms with Crippen molar-refractivity contribution in [2.45, 2.75) is 11.8 Å². The topological polar surface area (TPSA) is 88.2 Å². The molecule has 0 saturated carbocycles. The Kier molecular flexibility index (Phi) is 5.73.